The van der Waals surface area contributed by atoms with Crippen LogP contribution in [0.1, 0.15) is 19.4 Å². The van der Waals surface area contributed by atoms with Crippen molar-refractivity contribution in [3.05, 3.63) is 35.9 Å². The van der Waals surface area contributed by atoms with E-state index in [0.717, 1.165) is 5.56 Å². The highest BCUT2D eigenvalue weighted by Gasteiger charge is 2.34. The van der Waals surface area contributed by atoms with Crippen molar-refractivity contribution in [1.82, 2.24) is 15.5 Å². The first kappa shape index (κ1) is 21.7. The topological polar surface area (TPSA) is 105 Å². The number of benzene rings is 1. The van der Waals surface area contributed by atoms with E-state index in [-0.39, 0.29) is 18.9 Å². The molecule has 1 aliphatic rings. The number of hydrogen-bond donors (Lipinski definition) is 2. The van der Waals surface area contributed by atoms with Gasteiger partial charge in [-0.1, -0.05) is 30.3 Å². The maximum Gasteiger partial charge on any atom is 0.410 e. The van der Waals surface area contributed by atoms with Gasteiger partial charge in [-0.15, -0.1) is 0 Å². The van der Waals surface area contributed by atoms with Crippen LogP contribution < -0.4 is 10.6 Å². The van der Waals surface area contributed by atoms with E-state index in [2.05, 4.69) is 10.6 Å². The Labute approximate surface area is 168 Å². The van der Waals surface area contributed by atoms with Crippen molar-refractivity contribution in [2.24, 2.45) is 0 Å². The van der Waals surface area contributed by atoms with E-state index in [0.29, 0.717) is 18.1 Å². The number of thioether (sulfide) groups is 1. The molecule has 0 bridgehead atoms. The zero-order valence-electron chi connectivity index (χ0n) is 16.0. The van der Waals surface area contributed by atoms with Gasteiger partial charge in [0, 0.05) is 18.1 Å². The normalized spacial score (nSPS) is 17.4. The zero-order valence-corrected chi connectivity index (χ0v) is 16.8. The number of nitrogens with one attached hydrogen (secondary N) is 2. The number of ether oxygens (including phenoxy) is 1. The number of carbonyl (C=O) groups excluding carboxylic acids is 4. The third-order valence-electron chi connectivity index (χ3n) is 4.13. The van der Waals surface area contributed by atoms with Crippen molar-refractivity contribution >= 4 is 35.5 Å². The first-order chi connectivity index (χ1) is 13.4. The molecule has 1 unspecified atom stereocenters. The average Bonchev–Trinajstić information content (AvgIpc) is 2.70. The fourth-order valence-corrected chi connectivity index (χ4v) is 3.63. The fraction of sp³-hybridized carbons (Fsp3) is 0.474. The second-order valence-corrected chi connectivity index (χ2v) is 7.62. The van der Waals surface area contributed by atoms with Gasteiger partial charge < -0.3 is 15.4 Å². The Morgan fingerprint density at radius 1 is 1.25 bits per heavy atom. The molecule has 2 N–H and O–H groups in total. The molecule has 0 aliphatic carbocycles. The molecular formula is C19H25N3O5S. The Kier molecular flexibility index (Phi) is 8.31. The Bertz CT molecular complexity index is 713. The molecule has 2 atom stereocenters. The molecule has 1 aromatic rings. The fourth-order valence-electron chi connectivity index (χ4n) is 2.58. The van der Waals surface area contributed by atoms with E-state index in [4.69, 9.17) is 4.74 Å². The van der Waals surface area contributed by atoms with Crippen LogP contribution in [0, 0.1) is 0 Å². The van der Waals surface area contributed by atoms with E-state index in [9.17, 15) is 19.2 Å². The molecule has 1 saturated heterocycles. The molecule has 0 radical (unpaired) electrons. The summed E-state index contributed by atoms with van der Waals surface area (Å²) in [4.78, 5) is 49.4. The summed E-state index contributed by atoms with van der Waals surface area (Å²) in [6, 6.07) is 7.76. The summed E-state index contributed by atoms with van der Waals surface area (Å²) in [6.07, 6.45) is -0.557. The summed E-state index contributed by atoms with van der Waals surface area (Å²) in [7, 11) is 0. The summed E-state index contributed by atoms with van der Waals surface area (Å²) in [6.45, 7) is 3.32. The van der Waals surface area contributed by atoms with Crippen molar-refractivity contribution in [3.8, 4) is 0 Å². The molecule has 3 amide bonds. The SMILES string of the molecule is CC(=O)CNC(=O)[C@H](C)NC(=O)C1CSCCN1C(=O)OCc1ccccc1. The Morgan fingerprint density at radius 3 is 2.64 bits per heavy atom. The summed E-state index contributed by atoms with van der Waals surface area (Å²) in [5.74, 6) is 0.0786. The Hall–Kier alpha value is -2.55. The minimum Gasteiger partial charge on any atom is -0.445 e. The standard InChI is InChI=1S/C19H25N3O5S/c1-13(23)10-20-17(24)14(2)21-18(25)16-12-28-9-8-22(16)19(26)27-11-15-6-4-3-5-7-15/h3-7,14,16H,8-12H2,1-2H3,(H,20,24)(H,21,25)/t14-,16?/m0/s1. The summed E-state index contributed by atoms with van der Waals surface area (Å²) in [5.41, 5.74) is 0.860. The van der Waals surface area contributed by atoms with Crippen molar-refractivity contribution in [3.63, 3.8) is 0 Å². The monoisotopic (exact) mass is 407 g/mol. The number of hydrogen-bond acceptors (Lipinski definition) is 6. The van der Waals surface area contributed by atoms with Gasteiger partial charge in [0.25, 0.3) is 0 Å². The molecule has 152 valence electrons. The number of nitrogens with zero attached hydrogens (tertiary/aromatic N) is 1. The molecule has 0 aromatic heterocycles. The molecule has 8 nitrogen and oxygen atoms in total. The maximum absolute atomic E-state index is 12.6. The molecule has 2 rings (SSSR count). The van der Waals surface area contributed by atoms with Gasteiger partial charge in [0.15, 0.2) is 0 Å². The smallest absolute Gasteiger partial charge is 0.410 e. The highest BCUT2D eigenvalue weighted by Crippen LogP contribution is 2.18. The number of ketones is 1. The zero-order chi connectivity index (χ0) is 20.5. The van der Waals surface area contributed by atoms with Crippen LogP contribution in [-0.4, -0.2) is 65.3 Å². The molecule has 1 aromatic carbocycles. The number of Topliss-reactive ketones (excluding diaryl/α,β-unsaturated/α-hetero) is 1. The van der Waals surface area contributed by atoms with Crippen LogP contribution in [0.4, 0.5) is 4.79 Å². The summed E-state index contributed by atoms with van der Waals surface area (Å²) in [5, 5.41) is 5.06. The van der Waals surface area contributed by atoms with Crippen LogP contribution in [0.15, 0.2) is 30.3 Å². The molecule has 1 heterocycles. The first-order valence-electron chi connectivity index (χ1n) is 9.01. The highest BCUT2D eigenvalue weighted by atomic mass is 32.2. The Morgan fingerprint density at radius 2 is 1.96 bits per heavy atom. The maximum atomic E-state index is 12.6. The van der Waals surface area contributed by atoms with Crippen molar-refractivity contribution < 1.29 is 23.9 Å². The lowest BCUT2D eigenvalue weighted by atomic mass is 10.2. The molecule has 1 fully saturated rings. The second kappa shape index (κ2) is 10.7. The van der Waals surface area contributed by atoms with Gasteiger partial charge >= 0.3 is 6.09 Å². The van der Waals surface area contributed by atoms with Crippen LogP contribution in [0.2, 0.25) is 0 Å². The van der Waals surface area contributed by atoms with Gasteiger partial charge in [-0.2, -0.15) is 11.8 Å². The van der Waals surface area contributed by atoms with Gasteiger partial charge in [0.1, 0.15) is 24.5 Å². The predicted octanol–water partition coefficient (Wildman–Crippen LogP) is 0.951. The van der Waals surface area contributed by atoms with E-state index < -0.39 is 30.0 Å². The van der Waals surface area contributed by atoms with Crippen LogP contribution in [0.3, 0.4) is 0 Å². The lowest BCUT2D eigenvalue weighted by Crippen LogP contribution is -2.57. The summed E-state index contributed by atoms with van der Waals surface area (Å²) >= 11 is 1.56. The van der Waals surface area contributed by atoms with Gasteiger partial charge in [0.2, 0.25) is 11.8 Å². The molecule has 9 heteroatoms. The van der Waals surface area contributed by atoms with Gasteiger partial charge in [-0.25, -0.2) is 4.79 Å². The third kappa shape index (κ3) is 6.56. The van der Waals surface area contributed by atoms with Crippen LogP contribution in [0.25, 0.3) is 0 Å². The van der Waals surface area contributed by atoms with Crippen molar-refractivity contribution in [2.75, 3.05) is 24.6 Å². The largest absolute Gasteiger partial charge is 0.445 e. The van der Waals surface area contributed by atoms with Crippen LogP contribution >= 0.6 is 11.8 Å². The van der Waals surface area contributed by atoms with E-state index >= 15 is 0 Å². The highest BCUT2D eigenvalue weighted by molar-refractivity contribution is 7.99. The lowest BCUT2D eigenvalue weighted by Gasteiger charge is -2.34. The molecule has 0 saturated carbocycles. The molecular weight excluding hydrogens is 382 g/mol. The Balaban J connectivity index is 1.91. The number of amides is 3. The quantitative estimate of drug-likeness (QED) is 0.697. The third-order valence-corrected chi connectivity index (χ3v) is 5.16. The number of rotatable bonds is 7. The lowest BCUT2D eigenvalue weighted by molar-refractivity contribution is -0.131. The van der Waals surface area contributed by atoms with Crippen LogP contribution in [-0.2, 0) is 25.7 Å². The second-order valence-electron chi connectivity index (χ2n) is 6.47. The van der Waals surface area contributed by atoms with Gasteiger partial charge in [0.05, 0.1) is 6.54 Å². The number of carbonyl (C=O) groups is 4. The molecule has 1 aliphatic heterocycles. The molecule has 28 heavy (non-hydrogen) atoms. The van der Waals surface area contributed by atoms with Crippen molar-refractivity contribution in [2.45, 2.75) is 32.5 Å². The van der Waals surface area contributed by atoms with Gasteiger partial charge in [-0.05, 0) is 19.4 Å². The average molecular weight is 407 g/mol. The van der Waals surface area contributed by atoms with E-state index in [1.807, 2.05) is 30.3 Å². The predicted molar refractivity (Wildman–Crippen MR) is 106 cm³/mol. The minimum absolute atomic E-state index is 0.0870. The van der Waals surface area contributed by atoms with Crippen molar-refractivity contribution in [1.29, 1.82) is 0 Å². The minimum atomic E-state index is -0.819. The van der Waals surface area contributed by atoms with Crippen LogP contribution in [0.5, 0.6) is 0 Å². The van der Waals surface area contributed by atoms with Gasteiger partial charge in [-0.3, -0.25) is 19.3 Å². The first-order valence-corrected chi connectivity index (χ1v) is 10.2. The van der Waals surface area contributed by atoms with E-state index in [1.54, 1.807) is 11.8 Å². The summed E-state index contributed by atoms with van der Waals surface area (Å²) < 4.78 is 5.35. The molecule has 0 spiro atoms. The van der Waals surface area contributed by atoms with E-state index in [1.165, 1.54) is 18.7 Å².